The molecule has 0 saturated carbocycles. The summed E-state index contributed by atoms with van der Waals surface area (Å²) in [4.78, 5) is 29.5. The van der Waals surface area contributed by atoms with Gasteiger partial charge in [0.25, 0.3) is 5.91 Å². The van der Waals surface area contributed by atoms with E-state index in [0.29, 0.717) is 26.1 Å². The van der Waals surface area contributed by atoms with Gasteiger partial charge in [-0.3, -0.25) is 4.79 Å². The normalized spacial score (nSPS) is 21.5. The number of carboxylic acid groups (broad SMARTS) is 1. The van der Waals surface area contributed by atoms with Gasteiger partial charge in [-0.25, -0.2) is 9.79 Å². The minimum absolute atomic E-state index is 0.108. The van der Waals surface area contributed by atoms with Crippen LogP contribution in [0.4, 0.5) is 18.9 Å². The van der Waals surface area contributed by atoms with Crippen molar-refractivity contribution >= 4 is 23.3 Å². The summed E-state index contributed by atoms with van der Waals surface area (Å²) >= 11 is 0. The molecule has 1 aromatic rings. The fraction of sp³-hybridized carbons (Fsp3) is 0.500. The number of aliphatic imine (C=N–C) groups is 1. The van der Waals surface area contributed by atoms with Crippen LogP contribution in [-0.4, -0.2) is 60.7 Å². The van der Waals surface area contributed by atoms with Crippen LogP contribution in [0.1, 0.15) is 43.5 Å². The molecular weight excluding hydrogens is 427 g/mol. The van der Waals surface area contributed by atoms with Crippen LogP contribution >= 0.6 is 0 Å². The first kappa shape index (κ1) is 23.8. The second-order valence-electron chi connectivity index (χ2n) is 7.70. The first-order valence-corrected chi connectivity index (χ1v) is 10.5. The Morgan fingerprint density at radius 2 is 2.06 bits per heavy atom. The summed E-state index contributed by atoms with van der Waals surface area (Å²) in [6.45, 7) is 4.74. The van der Waals surface area contributed by atoms with Crippen molar-refractivity contribution in [2.75, 3.05) is 24.6 Å². The topological polar surface area (TPSA) is 91.2 Å². The average molecular weight is 453 g/mol. The highest BCUT2D eigenvalue weighted by Gasteiger charge is 2.41. The van der Waals surface area contributed by atoms with Crippen molar-refractivity contribution < 1.29 is 32.6 Å². The highest BCUT2D eigenvalue weighted by Crippen LogP contribution is 2.36. The number of carboxylic acids is 1. The van der Waals surface area contributed by atoms with Gasteiger partial charge in [0, 0.05) is 31.8 Å². The predicted molar refractivity (Wildman–Crippen MR) is 113 cm³/mol. The first-order valence-electron chi connectivity index (χ1n) is 10.5. The fourth-order valence-electron chi connectivity index (χ4n) is 4.01. The molecule has 0 aromatic heterocycles. The molecule has 0 unspecified atom stereocenters. The molecule has 3 rings (SSSR count). The number of rotatable bonds is 7. The Labute approximate surface area is 184 Å². The van der Waals surface area contributed by atoms with Crippen molar-refractivity contribution in [1.82, 2.24) is 5.32 Å². The Morgan fingerprint density at radius 1 is 1.31 bits per heavy atom. The van der Waals surface area contributed by atoms with Gasteiger partial charge in [-0.1, -0.05) is 13.0 Å². The van der Waals surface area contributed by atoms with Gasteiger partial charge < -0.3 is 20.1 Å². The van der Waals surface area contributed by atoms with E-state index in [4.69, 9.17) is 4.74 Å². The number of allylic oxidation sites excluding steroid dienone is 2. The van der Waals surface area contributed by atoms with E-state index in [9.17, 15) is 27.9 Å². The van der Waals surface area contributed by atoms with Crippen molar-refractivity contribution in [2.24, 2.45) is 4.99 Å². The van der Waals surface area contributed by atoms with Gasteiger partial charge >= 0.3 is 12.1 Å². The zero-order chi connectivity index (χ0) is 23.5. The third kappa shape index (κ3) is 5.29. The summed E-state index contributed by atoms with van der Waals surface area (Å²) in [6, 6.07) is 6.15. The second kappa shape index (κ2) is 9.72. The summed E-state index contributed by atoms with van der Waals surface area (Å²) < 4.78 is 45.3. The molecule has 0 aliphatic carbocycles. The number of benzene rings is 1. The number of alkyl halides is 3. The van der Waals surface area contributed by atoms with E-state index in [2.05, 4.69) is 10.3 Å². The zero-order valence-electron chi connectivity index (χ0n) is 17.9. The van der Waals surface area contributed by atoms with Gasteiger partial charge in [0.15, 0.2) is 0 Å². The van der Waals surface area contributed by atoms with Crippen LogP contribution in [0, 0.1) is 0 Å². The zero-order valence-corrected chi connectivity index (χ0v) is 17.9. The van der Waals surface area contributed by atoms with E-state index in [1.165, 1.54) is 6.07 Å². The molecule has 2 aliphatic rings. The molecule has 1 aromatic carbocycles. The Hall–Kier alpha value is -2.88. The minimum atomic E-state index is -4.59. The molecule has 1 fully saturated rings. The molecule has 1 amide bonds. The lowest BCUT2D eigenvalue weighted by atomic mass is 9.99. The molecule has 2 aliphatic heterocycles. The molecule has 2 N–H and O–H groups in total. The van der Waals surface area contributed by atoms with Gasteiger partial charge in [0.1, 0.15) is 11.4 Å². The Balaban J connectivity index is 1.70. The van der Waals surface area contributed by atoms with Crippen LogP contribution in [0.15, 0.2) is 40.5 Å². The van der Waals surface area contributed by atoms with Crippen molar-refractivity contribution in [3.8, 4) is 0 Å². The van der Waals surface area contributed by atoms with E-state index in [1.54, 1.807) is 25.1 Å². The van der Waals surface area contributed by atoms with Gasteiger partial charge in [0.2, 0.25) is 0 Å². The number of aromatic carboxylic acids is 1. The maximum atomic E-state index is 13.2. The Kier molecular flexibility index (Phi) is 7.22. The van der Waals surface area contributed by atoms with Crippen LogP contribution in [0.5, 0.6) is 0 Å². The van der Waals surface area contributed by atoms with Gasteiger partial charge in [-0.05, 0) is 43.5 Å². The van der Waals surface area contributed by atoms with E-state index < -0.39 is 35.9 Å². The lowest BCUT2D eigenvalue weighted by molar-refractivity contribution is -0.117. The van der Waals surface area contributed by atoms with E-state index in [-0.39, 0.29) is 29.7 Å². The molecule has 32 heavy (non-hydrogen) atoms. The molecule has 7 nitrogen and oxygen atoms in total. The number of piperidine rings is 1. The third-order valence-electron chi connectivity index (χ3n) is 5.63. The lowest BCUT2D eigenvalue weighted by Crippen LogP contribution is -2.56. The van der Waals surface area contributed by atoms with Crippen LogP contribution in [-0.2, 0) is 9.53 Å². The number of hydrogen-bond donors (Lipinski definition) is 2. The fourth-order valence-corrected chi connectivity index (χ4v) is 4.01. The molecule has 0 spiro atoms. The molecule has 2 heterocycles. The smallest absolute Gasteiger partial charge is 0.433 e. The van der Waals surface area contributed by atoms with Crippen molar-refractivity contribution in [1.29, 1.82) is 0 Å². The first-order chi connectivity index (χ1) is 15.1. The number of nitrogens with zero attached hydrogens (tertiary/aromatic N) is 2. The van der Waals surface area contributed by atoms with Gasteiger partial charge in [-0.2, -0.15) is 13.2 Å². The Bertz CT molecular complexity index is 943. The number of halogens is 3. The van der Waals surface area contributed by atoms with E-state index >= 15 is 0 Å². The largest absolute Gasteiger partial charge is 0.478 e. The molecular formula is C22H26F3N3O4. The van der Waals surface area contributed by atoms with Crippen LogP contribution in [0.2, 0.25) is 0 Å². The minimum Gasteiger partial charge on any atom is -0.478 e. The highest BCUT2D eigenvalue weighted by molar-refractivity contribution is 6.40. The van der Waals surface area contributed by atoms with Gasteiger partial charge in [0.05, 0.1) is 17.7 Å². The molecule has 2 atom stereocenters. The summed E-state index contributed by atoms with van der Waals surface area (Å²) in [6.07, 6.45) is -4.45. The van der Waals surface area contributed by atoms with Crippen LogP contribution < -0.4 is 10.2 Å². The molecule has 10 heteroatoms. The number of anilines is 1. The molecule has 0 radical (unpaired) electrons. The molecule has 174 valence electrons. The summed E-state index contributed by atoms with van der Waals surface area (Å²) in [5.74, 6) is -1.64. The van der Waals surface area contributed by atoms with E-state index in [1.807, 2.05) is 11.8 Å². The summed E-state index contributed by atoms with van der Waals surface area (Å²) in [5.41, 5.74) is -0.103. The molecule has 0 bridgehead atoms. The van der Waals surface area contributed by atoms with Crippen LogP contribution in [0.3, 0.4) is 0 Å². The van der Waals surface area contributed by atoms with Crippen LogP contribution in [0.25, 0.3) is 0 Å². The summed E-state index contributed by atoms with van der Waals surface area (Å²) in [5, 5.41) is 12.0. The number of nitrogens with one attached hydrogen (secondary N) is 1. The van der Waals surface area contributed by atoms with Gasteiger partial charge in [-0.15, -0.1) is 0 Å². The number of carbonyl (C=O) groups excluding carboxylic acids is 1. The highest BCUT2D eigenvalue weighted by atomic mass is 19.4. The number of carbonyl (C=O) groups is 2. The van der Waals surface area contributed by atoms with E-state index in [0.717, 1.165) is 5.69 Å². The Morgan fingerprint density at radius 3 is 2.66 bits per heavy atom. The quantitative estimate of drug-likeness (QED) is 0.659. The van der Waals surface area contributed by atoms with Crippen molar-refractivity contribution in [3.05, 3.63) is 41.1 Å². The number of ether oxygens (including phenoxy) is 1. The number of hydrogen-bond acceptors (Lipinski definition) is 5. The third-order valence-corrected chi connectivity index (χ3v) is 5.63. The monoisotopic (exact) mass is 453 g/mol. The maximum Gasteiger partial charge on any atom is 0.433 e. The maximum absolute atomic E-state index is 13.2. The summed E-state index contributed by atoms with van der Waals surface area (Å²) in [7, 11) is 0. The average Bonchev–Trinajstić information content (AvgIpc) is 3.20. The SMILES string of the molecule is CCO[C@H]1CN(c2cccc(C(=O)O)c2)CC[C@H]1NC(=O)C1=NC(C(F)(F)F)=C(CC)C1. The number of amides is 1. The standard InChI is InChI=1S/C22H26F3N3O4/c1-3-13-11-17(26-19(13)22(23,24)25)20(29)27-16-8-9-28(12-18(16)32-4-2)15-7-5-6-14(10-15)21(30)31/h5-7,10,16,18H,3-4,8-9,11-12H2,1-2H3,(H,27,29)(H,30,31)/t16-,18+/m1/s1. The molecule has 1 saturated heterocycles. The van der Waals surface area contributed by atoms with Crippen molar-refractivity contribution in [2.45, 2.75) is 51.4 Å². The van der Waals surface area contributed by atoms with Crippen molar-refractivity contribution in [3.63, 3.8) is 0 Å². The lowest BCUT2D eigenvalue weighted by Gasteiger charge is -2.39. The predicted octanol–water partition coefficient (Wildman–Crippen LogP) is 3.56. The second-order valence-corrected chi connectivity index (χ2v) is 7.70.